The molecule has 9 heteroatoms. The first-order chi connectivity index (χ1) is 15.5. The van der Waals surface area contributed by atoms with E-state index in [1.165, 1.54) is 0 Å². The molecule has 1 aliphatic rings. The minimum atomic E-state index is -0.324. The van der Waals surface area contributed by atoms with Gasteiger partial charge in [0.25, 0.3) is 7.41 Å². The number of amides is 1. The van der Waals surface area contributed by atoms with Crippen molar-refractivity contribution in [3.63, 3.8) is 0 Å². The fraction of sp³-hybridized carbons (Fsp3) is 0.348. The van der Waals surface area contributed by atoms with Crippen molar-refractivity contribution in [1.29, 1.82) is 0 Å². The maximum absolute atomic E-state index is 11.4. The molecule has 0 bridgehead atoms. The molecule has 1 saturated heterocycles. The fourth-order valence-electron chi connectivity index (χ4n) is 3.99. The zero-order valence-corrected chi connectivity index (χ0v) is 18.1. The summed E-state index contributed by atoms with van der Waals surface area (Å²) >= 11 is 0. The van der Waals surface area contributed by atoms with Gasteiger partial charge >= 0.3 is 0 Å². The number of nitrogens with two attached hydrogens (primary N) is 1. The lowest BCUT2D eigenvalue weighted by Crippen LogP contribution is -2.50. The number of aromatic nitrogens is 4. The van der Waals surface area contributed by atoms with Crippen molar-refractivity contribution in [2.45, 2.75) is 38.6 Å². The normalized spacial score (nSPS) is 14.2. The van der Waals surface area contributed by atoms with Crippen LogP contribution in [0.15, 0.2) is 42.9 Å². The smallest absolute Gasteiger partial charge is 0.293 e. The summed E-state index contributed by atoms with van der Waals surface area (Å²) < 4.78 is 1.95. The molecule has 0 atom stereocenters. The monoisotopic (exact) mass is 429 g/mol. The molecule has 1 amide bonds. The van der Waals surface area contributed by atoms with E-state index in [4.69, 9.17) is 10.7 Å². The highest BCUT2D eigenvalue weighted by Crippen LogP contribution is 2.20. The highest BCUT2D eigenvalue weighted by Gasteiger charge is 2.28. The van der Waals surface area contributed by atoms with E-state index in [1.807, 2.05) is 59.3 Å². The van der Waals surface area contributed by atoms with Gasteiger partial charge in [-0.1, -0.05) is 24.3 Å². The van der Waals surface area contributed by atoms with Gasteiger partial charge in [-0.15, -0.1) is 0 Å². The van der Waals surface area contributed by atoms with Crippen molar-refractivity contribution in [3.05, 3.63) is 76.6 Å². The lowest BCUT2D eigenvalue weighted by Gasteiger charge is -2.38. The molecular formula is C23H26BN6O2. The summed E-state index contributed by atoms with van der Waals surface area (Å²) in [5, 5.41) is 4.47. The second kappa shape index (κ2) is 9.87. The van der Waals surface area contributed by atoms with Crippen LogP contribution in [-0.4, -0.2) is 57.2 Å². The minimum absolute atomic E-state index is 0.250. The van der Waals surface area contributed by atoms with E-state index in [9.17, 15) is 9.59 Å². The number of hydrogen-bond acceptors (Lipinski definition) is 6. The van der Waals surface area contributed by atoms with E-state index in [2.05, 4.69) is 10.1 Å². The molecule has 1 aromatic carbocycles. The van der Waals surface area contributed by atoms with Gasteiger partial charge in [-0.3, -0.25) is 9.48 Å². The highest BCUT2D eigenvalue weighted by atomic mass is 16.1. The number of carbonyl (C=O) groups excluding carboxylic acids is 2. The Morgan fingerprint density at radius 1 is 1.22 bits per heavy atom. The SMILES string of the molecule is Cc1cnc(Cc2cnn(C3CN([B]C=O)C3)c2)nc1CCc1ccccc1CC(N)=O. The Labute approximate surface area is 188 Å². The molecular weight excluding hydrogens is 403 g/mol. The van der Waals surface area contributed by atoms with Crippen molar-refractivity contribution in [1.82, 2.24) is 24.6 Å². The van der Waals surface area contributed by atoms with E-state index >= 15 is 0 Å². The predicted molar refractivity (Wildman–Crippen MR) is 122 cm³/mol. The molecule has 1 radical (unpaired) electrons. The topological polar surface area (TPSA) is 107 Å². The van der Waals surface area contributed by atoms with Gasteiger partial charge in [0, 0.05) is 37.6 Å². The van der Waals surface area contributed by atoms with Crippen LogP contribution in [0.5, 0.6) is 0 Å². The second-order valence-corrected chi connectivity index (χ2v) is 8.23. The summed E-state index contributed by atoms with van der Waals surface area (Å²) in [5.41, 5.74) is 10.6. The number of primary amides is 1. The summed E-state index contributed by atoms with van der Waals surface area (Å²) in [6.07, 6.45) is 8.99. The van der Waals surface area contributed by atoms with Gasteiger partial charge in [-0.05, 0) is 42.0 Å². The number of nitrogens with zero attached hydrogens (tertiary/aromatic N) is 5. The number of hydrogen-bond donors (Lipinski definition) is 1. The van der Waals surface area contributed by atoms with Crippen LogP contribution in [0.25, 0.3) is 0 Å². The zero-order chi connectivity index (χ0) is 22.5. The molecule has 0 unspecified atom stereocenters. The molecule has 1 fully saturated rings. The van der Waals surface area contributed by atoms with Crippen LogP contribution >= 0.6 is 0 Å². The van der Waals surface area contributed by atoms with Crippen LogP contribution < -0.4 is 5.73 Å². The average Bonchev–Trinajstić information content (AvgIpc) is 3.19. The quantitative estimate of drug-likeness (QED) is 0.382. The van der Waals surface area contributed by atoms with Crippen LogP contribution in [-0.2, 0) is 35.3 Å². The van der Waals surface area contributed by atoms with Crippen molar-refractivity contribution >= 4 is 19.5 Å². The van der Waals surface area contributed by atoms with Gasteiger partial charge in [0.1, 0.15) is 5.82 Å². The Hall–Kier alpha value is -3.33. The first-order valence-electron chi connectivity index (χ1n) is 10.7. The Balaban J connectivity index is 1.40. The predicted octanol–water partition coefficient (Wildman–Crippen LogP) is 1.05. The molecule has 163 valence electrons. The van der Waals surface area contributed by atoms with Gasteiger partial charge in [0.2, 0.25) is 5.91 Å². The van der Waals surface area contributed by atoms with Crippen molar-refractivity contribution in [3.8, 4) is 0 Å². The first kappa shape index (κ1) is 21.9. The van der Waals surface area contributed by atoms with Gasteiger partial charge in [0.05, 0.1) is 24.8 Å². The third kappa shape index (κ3) is 5.29. The third-order valence-corrected chi connectivity index (χ3v) is 5.79. The summed E-state index contributed by atoms with van der Waals surface area (Å²) in [4.78, 5) is 33.2. The molecule has 0 saturated carbocycles. The number of aryl methyl sites for hydroxylation is 3. The minimum Gasteiger partial charge on any atom is -0.369 e. The van der Waals surface area contributed by atoms with Gasteiger partial charge in [0.15, 0.2) is 0 Å². The molecule has 2 aromatic heterocycles. The Kier molecular flexibility index (Phi) is 6.75. The van der Waals surface area contributed by atoms with Crippen molar-refractivity contribution < 1.29 is 9.59 Å². The van der Waals surface area contributed by atoms with Crippen molar-refractivity contribution in [2.75, 3.05) is 13.1 Å². The molecule has 3 heterocycles. The van der Waals surface area contributed by atoms with Crippen LogP contribution in [0.4, 0.5) is 0 Å². The summed E-state index contributed by atoms with van der Waals surface area (Å²) in [6.45, 7) is 3.61. The van der Waals surface area contributed by atoms with Gasteiger partial charge < -0.3 is 15.3 Å². The lowest BCUT2D eigenvalue weighted by molar-refractivity contribution is -0.117. The molecule has 3 aromatic rings. The number of rotatable bonds is 10. The highest BCUT2D eigenvalue weighted by molar-refractivity contribution is 6.64. The second-order valence-electron chi connectivity index (χ2n) is 8.23. The maximum atomic E-state index is 11.4. The molecule has 0 aliphatic carbocycles. The van der Waals surface area contributed by atoms with Crippen molar-refractivity contribution in [2.24, 2.45) is 5.73 Å². The third-order valence-electron chi connectivity index (χ3n) is 5.79. The molecule has 1 aliphatic heterocycles. The Morgan fingerprint density at radius 2 is 2.00 bits per heavy atom. The van der Waals surface area contributed by atoms with Crippen LogP contribution in [0, 0.1) is 6.92 Å². The maximum Gasteiger partial charge on any atom is 0.293 e. The van der Waals surface area contributed by atoms with Crippen LogP contribution in [0.2, 0.25) is 0 Å². The first-order valence-corrected chi connectivity index (χ1v) is 10.7. The summed E-state index contributed by atoms with van der Waals surface area (Å²) in [6, 6.07) is 8.19. The molecule has 4 rings (SSSR count). The van der Waals surface area contributed by atoms with Crippen LogP contribution in [0.1, 0.15) is 39.8 Å². The molecule has 2 N–H and O–H groups in total. The Bertz CT molecular complexity index is 1110. The van der Waals surface area contributed by atoms with E-state index in [1.54, 1.807) is 7.41 Å². The Morgan fingerprint density at radius 3 is 2.75 bits per heavy atom. The van der Waals surface area contributed by atoms with E-state index in [0.717, 1.165) is 65.9 Å². The summed E-state index contributed by atoms with van der Waals surface area (Å²) in [5.74, 6) is 0.440. The molecule has 8 nitrogen and oxygen atoms in total. The molecule has 32 heavy (non-hydrogen) atoms. The van der Waals surface area contributed by atoms with Gasteiger partial charge in [-0.25, -0.2) is 9.97 Å². The fourth-order valence-corrected chi connectivity index (χ4v) is 3.99. The largest absolute Gasteiger partial charge is 0.369 e. The lowest BCUT2D eigenvalue weighted by atomic mass is 9.88. The van der Waals surface area contributed by atoms with Crippen LogP contribution in [0.3, 0.4) is 0 Å². The van der Waals surface area contributed by atoms with E-state index in [-0.39, 0.29) is 18.4 Å². The van der Waals surface area contributed by atoms with E-state index < -0.39 is 0 Å². The van der Waals surface area contributed by atoms with E-state index in [0.29, 0.717) is 6.42 Å². The zero-order valence-electron chi connectivity index (χ0n) is 18.1. The summed E-state index contributed by atoms with van der Waals surface area (Å²) in [7, 11) is 1.56. The average molecular weight is 429 g/mol. The number of benzene rings is 1. The standard InChI is InChI=1S/C23H26BN6O2/c1-16-10-26-23(8-17-11-27-30(12-17)20-13-29(14-20)24-15-31)28-21(16)7-6-18-4-2-3-5-19(18)9-22(25)32/h2-5,10-12,15,20H,6-9,13-14H2,1H3,(H2,25,32). The molecule has 0 spiro atoms. The van der Waals surface area contributed by atoms with Gasteiger partial charge in [-0.2, -0.15) is 5.10 Å². The number of carbonyl (C=O) groups is 2.